The highest BCUT2D eigenvalue weighted by atomic mass is 35.5. The van der Waals surface area contributed by atoms with E-state index in [0.717, 1.165) is 0 Å². The van der Waals surface area contributed by atoms with Crippen molar-refractivity contribution in [2.24, 2.45) is 0 Å². The monoisotopic (exact) mass is 446 g/mol. The van der Waals surface area contributed by atoms with Crippen molar-refractivity contribution in [3.8, 4) is 5.75 Å². The van der Waals surface area contributed by atoms with Gasteiger partial charge in [0.1, 0.15) is 5.75 Å². The van der Waals surface area contributed by atoms with Crippen LogP contribution in [0, 0.1) is 0 Å². The van der Waals surface area contributed by atoms with Gasteiger partial charge >= 0.3 is 5.97 Å². The van der Waals surface area contributed by atoms with Crippen molar-refractivity contribution >= 4 is 69.7 Å². The maximum Gasteiger partial charge on any atom is 0.337 e. The number of carboxylic acids is 1. The number of carbonyl (C=O) groups is 2. The zero-order chi connectivity index (χ0) is 20.1. The van der Waals surface area contributed by atoms with Crippen molar-refractivity contribution in [1.82, 2.24) is 5.32 Å². The number of hydrogen-bond acceptors (Lipinski definition) is 4. The molecule has 2 rings (SSSR count). The van der Waals surface area contributed by atoms with Crippen LogP contribution in [-0.4, -0.2) is 28.7 Å². The van der Waals surface area contributed by atoms with Crippen LogP contribution < -0.4 is 15.4 Å². The number of aromatic carboxylic acids is 1. The summed E-state index contributed by atoms with van der Waals surface area (Å²) < 4.78 is 5.31. The number of thiocarbonyl (C=S) groups is 1. The fourth-order valence-corrected chi connectivity index (χ4v) is 3.07. The Kier molecular flexibility index (Phi) is 7.26. The summed E-state index contributed by atoms with van der Waals surface area (Å²) in [6, 6.07) is 7.09. The Balaban J connectivity index is 2.16. The summed E-state index contributed by atoms with van der Waals surface area (Å²) in [5.74, 6) is -1.34. The van der Waals surface area contributed by atoms with Gasteiger partial charge in [-0.3, -0.25) is 10.1 Å². The van der Waals surface area contributed by atoms with Crippen molar-refractivity contribution in [3.05, 3.63) is 56.5 Å². The summed E-state index contributed by atoms with van der Waals surface area (Å²) in [6.45, 7) is 2.25. The number of carbonyl (C=O) groups excluding carboxylic acids is 1. The van der Waals surface area contributed by atoms with E-state index < -0.39 is 11.9 Å². The van der Waals surface area contributed by atoms with E-state index in [0.29, 0.717) is 12.4 Å². The molecule has 3 N–H and O–H groups in total. The molecule has 0 saturated carbocycles. The number of carboxylic acid groups (broad SMARTS) is 1. The molecule has 0 atom stereocenters. The molecule has 6 nitrogen and oxygen atoms in total. The molecule has 0 unspecified atom stereocenters. The molecule has 2 aromatic carbocycles. The molecule has 0 aliphatic rings. The minimum absolute atomic E-state index is 0.0172. The van der Waals surface area contributed by atoms with Crippen molar-refractivity contribution in [3.63, 3.8) is 0 Å². The van der Waals surface area contributed by atoms with Crippen molar-refractivity contribution < 1.29 is 19.4 Å². The van der Waals surface area contributed by atoms with Gasteiger partial charge in [0.15, 0.2) is 5.11 Å². The molecule has 0 aromatic heterocycles. The largest absolute Gasteiger partial charge is 0.492 e. The van der Waals surface area contributed by atoms with Gasteiger partial charge in [-0.05, 0) is 49.5 Å². The Morgan fingerprint density at radius 2 is 1.85 bits per heavy atom. The maximum atomic E-state index is 12.3. The van der Waals surface area contributed by atoms with Crippen molar-refractivity contribution in [2.45, 2.75) is 6.92 Å². The molecule has 0 radical (unpaired) electrons. The molecule has 2 aromatic rings. The van der Waals surface area contributed by atoms with Crippen LogP contribution >= 0.6 is 47.0 Å². The van der Waals surface area contributed by atoms with Crippen LogP contribution in [0.1, 0.15) is 27.6 Å². The quantitative estimate of drug-likeness (QED) is 0.567. The van der Waals surface area contributed by atoms with E-state index in [4.69, 9.17) is 51.8 Å². The van der Waals surface area contributed by atoms with Crippen LogP contribution in [0.25, 0.3) is 0 Å². The molecule has 10 heteroatoms. The van der Waals surface area contributed by atoms with Crippen LogP contribution in [0.15, 0.2) is 30.3 Å². The van der Waals surface area contributed by atoms with Gasteiger partial charge < -0.3 is 15.2 Å². The number of nitrogens with one attached hydrogen (secondary N) is 2. The van der Waals surface area contributed by atoms with E-state index in [1.54, 1.807) is 6.07 Å². The highest BCUT2D eigenvalue weighted by Gasteiger charge is 2.17. The van der Waals surface area contributed by atoms with E-state index in [1.165, 1.54) is 24.3 Å². The molecule has 142 valence electrons. The van der Waals surface area contributed by atoms with Crippen LogP contribution in [0.2, 0.25) is 15.1 Å². The predicted molar refractivity (Wildman–Crippen MR) is 110 cm³/mol. The standard InChI is InChI=1S/C17H13Cl3N2O4S/c1-2-26-13-4-3-8(5-11(13)19)15(23)22-17(27)21-14-10(16(24)25)6-9(18)7-12(14)20/h3-7H,2H2,1H3,(H,24,25)(H2,21,22,23,27). The van der Waals surface area contributed by atoms with Gasteiger partial charge in [-0.15, -0.1) is 0 Å². The number of halogens is 3. The van der Waals surface area contributed by atoms with Gasteiger partial charge in [0.25, 0.3) is 5.91 Å². The predicted octanol–water partition coefficient (Wildman–Crippen LogP) is 4.87. The van der Waals surface area contributed by atoms with Crippen LogP contribution in [0.5, 0.6) is 5.75 Å². The van der Waals surface area contributed by atoms with E-state index in [2.05, 4.69) is 10.6 Å². The molecule has 0 bridgehead atoms. The van der Waals surface area contributed by atoms with Crippen LogP contribution in [0.3, 0.4) is 0 Å². The highest BCUT2D eigenvalue weighted by molar-refractivity contribution is 7.80. The summed E-state index contributed by atoms with van der Waals surface area (Å²) in [5.41, 5.74) is 0.0741. The first-order chi connectivity index (χ1) is 12.7. The first-order valence-corrected chi connectivity index (χ1v) is 9.04. The molecule has 0 spiro atoms. The average Bonchev–Trinajstić information content (AvgIpc) is 2.58. The molecule has 0 heterocycles. The first kappa shape index (κ1) is 21.2. The highest BCUT2D eigenvalue weighted by Crippen LogP contribution is 2.30. The molecule has 27 heavy (non-hydrogen) atoms. The van der Waals surface area contributed by atoms with Crippen LogP contribution in [0.4, 0.5) is 5.69 Å². The molecule has 1 amide bonds. The zero-order valence-corrected chi connectivity index (χ0v) is 16.9. The number of anilines is 1. The van der Waals surface area contributed by atoms with Crippen LogP contribution in [-0.2, 0) is 0 Å². The summed E-state index contributed by atoms with van der Waals surface area (Å²) in [6.07, 6.45) is 0. The fraction of sp³-hybridized carbons (Fsp3) is 0.118. The van der Waals surface area contributed by atoms with Gasteiger partial charge in [0, 0.05) is 10.6 Å². The minimum atomic E-state index is -1.26. The van der Waals surface area contributed by atoms with E-state index in [9.17, 15) is 14.7 Å². The second-order valence-corrected chi connectivity index (χ2v) is 6.76. The van der Waals surface area contributed by atoms with Gasteiger partial charge in [-0.2, -0.15) is 0 Å². The summed E-state index contributed by atoms with van der Waals surface area (Å²) in [7, 11) is 0. The Hall–Kier alpha value is -2.06. The fourth-order valence-electron chi connectivity index (χ4n) is 2.10. The molecule has 0 saturated heterocycles. The third-order valence-corrected chi connectivity index (χ3v) is 4.26. The first-order valence-electron chi connectivity index (χ1n) is 7.50. The Morgan fingerprint density at radius 1 is 1.15 bits per heavy atom. The molecule has 0 fully saturated rings. The topological polar surface area (TPSA) is 87.7 Å². The van der Waals surface area contributed by atoms with E-state index in [-0.39, 0.29) is 37.0 Å². The summed E-state index contributed by atoms with van der Waals surface area (Å²) >= 11 is 23.0. The normalized spacial score (nSPS) is 10.2. The van der Waals surface area contributed by atoms with Crippen molar-refractivity contribution in [2.75, 3.05) is 11.9 Å². The maximum absolute atomic E-state index is 12.3. The summed E-state index contributed by atoms with van der Waals surface area (Å²) in [4.78, 5) is 23.7. The molecular weight excluding hydrogens is 435 g/mol. The van der Waals surface area contributed by atoms with Gasteiger partial charge in [0.05, 0.1) is 27.9 Å². The smallest absolute Gasteiger partial charge is 0.337 e. The third-order valence-electron chi connectivity index (χ3n) is 3.24. The van der Waals surface area contributed by atoms with Gasteiger partial charge in [-0.1, -0.05) is 34.8 Å². The minimum Gasteiger partial charge on any atom is -0.492 e. The lowest BCUT2D eigenvalue weighted by Crippen LogP contribution is -2.34. The number of benzene rings is 2. The molecular formula is C17H13Cl3N2O4S. The van der Waals surface area contributed by atoms with E-state index >= 15 is 0 Å². The number of ether oxygens (including phenoxy) is 1. The van der Waals surface area contributed by atoms with Crippen molar-refractivity contribution in [1.29, 1.82) is 0 Å². The third kappa shape index (κ3) is 5.46. The Morgan fingerprint density at radius 3 is 2.44 bits per heavy atom. The number of hydrogen-bond donors (Lipinski definition) is 3. The Labute approximate surface area is 175 Å². The number of rotatable bonds is 5. The number of amides is 1. The lowest BCUT2D eigenvalue weighted by Gasteiger charge is -2.14. The van der Waals surface area contributed by atoms with E-state index in [1.807, 2.05) is 6.92 Å². The Bertz CT molecular complexity index is 921. The SMILES string of the molecule is CCOc1ccc(C(=O)NC(=S)Nc2c(Cl)cc(Cl)cc2C(=O)O)cc1Cl. The zero-order valence-electron chi connectivity index (χ0n) is 13.8. The molecule has 0 aliphatic heterocycles. The summed E-state index contributed by atoms with van der Waals surface area (Å²) in [5, 5.41) is 14.6. The lowest BCUT2D eigenvalue weighted by atomic mass is 10.2. The second kappa shape index (κ2) is 9.23. The van der Waals surface area contributed by atoms with Gasteiger partial charge in [0.2, 0.25) is 0 Å². The second-order valence-electron chi connectivity index (χ2n) is 5.10. The lowest BCUT2D eigenvalue weighted by molar-refractivity contribution is 0.0697. The van der Waals surface area contributed by atoms with Gasteiger partial charge in [-0.25, -0.2) is 4.79 Å². The molecule has 0 aliphatic carbocycles. The average molecular weight is 448 g/mol.